The first-order chi connectivity index (χ1) is 12.9. The molecule has 0 saturated heterocycles. The first kappa shape index (κ1) is 18.8. The Balaban J connectivity index is 2.51. The molecule has 5 heteroatoms. The van der Waals surface area contributed by atoms with Gasteiger partial charge in [-0.15, -0.1) is 0 Å². The van der Waals surface area contributed by atoms with Crippen LogP contribution in [0.5, 0.6) is 5.75 Å². The maximum Gasteiger partial charge on any atom is 0.255 e. The van der Waals surface area contributed by atoms with Gasteiger partial charge in [-0.2, -0.15) is 5.26 Å². The van der Waals surface area contributed by atoms with Crippen molar-refractivity contribution in [3.05, 3.63) is 69.3 Å². The first-order valence-corrected chi connectivity index (χ1v) is 9.26. The maximum atomic E-state index is 12.8. The molecule has 2 aromatic rings. The van der Waals surface area contributed by atoms with E-state index in [2.05, 4.69) is 24.8 Å². The van der Waals surface area contributed by atoms with Gasteiger partial charge in [-0.25, -0.2) is 0 Å². The Labute approximate surface area is 160 Å². The largest absolute Gasteiger partial charge is 0.481 e. The van der Waals surface area contributed by atoms with Crippen LogP contribution in [0.15, 0.2) is 47.0 Å². The predicted octanol–water partition coefficient (Wildman–Crippen LogP) is 3.76. The summed E-state index contributed by atoms with van der Waals surface area (Å²) in [4.78, 5) is 15.0. The molecule has 0 saturated carbocycles. The zero-order valence-electron chi connectivity index (χ0n) is 16.5. The third-order valence-corrected chi connectivity index (χ3v) is 5.09. The molecule has 1 aliphatic heterocycles. The summed E-state index contributed by atoms with van der Waals surface area (Å²) in [5.74, 6) is 0.693. The van der Waals surface area contributed by atoms with E-state index in [0.717, 1.165) is 35.6 Å². The minimum atomic E-state index is -0.621. The quantitative estimate of drug-likeness (QED) is 0.830. The summed E-state index contributed by atoms with van der Waals surface area (Å²) in [6.07, 6.45) is 1.78. The average molecular weight is 363 g/mol. The number of benzene rings is 1. The van der Waals surface area contributed by atoms with Crippen molar-refractivity contribution in [1.82, 2.24) is 9.47 Å². The van der Waals surface area contributed by atoms with Gasteiger partial charge < -0.3 is 9.64 Å². The van der Waals surface area contributed by atoms with E-state index in [1.807, 2.05) is 32.9 Å². The van der Waals surface area contributed by atoms with Gasteiger partial charge in [0, 0.05) is 30.9 Å². The minimum absolute atomic E-state index is 0.109. The van der Waals surface area contributed by atoms with Crippen molar-refractivity contribution in [3.63, 3.8) is 0 Å². The number of rotatable bonds is 4. The van der Waals surface area contributed by atoms with Crippen LogP contribution in [0.3, 0.4) is 0 Å². The van der Waals surface area contributed by atoms with E-state index >= 15 is 0 Å². The number of nitrogens with zero attached hydrogens (tertiary/aromatic N) is 3. The summed E-state index contributed by atoms with van der Waals surface area (Å²) in [5, 5.41) is 9.52. The molecule has 0 aliphatic carbocycles. The number of ether oxygens (including phenoxy) is 1. The molecule has 0 N–H and O–H groups in total. The third kappa shape index (κ3) is 3.02. The second-order valence-electron chi connectivity index (χ2n) is 7.11. The molecule has 1 aromatic heterocycles. The molecule has 1 aromatic carbocycles. The van der Waals surface area contributed by atoms with Gasteiger partial charge in [0.25, 0.3) is 5.56 Å². The van der Waals surface area contributed by atoms with E-state index in [4.69, 9.17) is 4.74 Å². The molecular weight excluding hydrogens is 338 g/mol. The standard InChI is InChI=1S/C22H25N3O2/c1-6-24(7-2)21-20(25-13-9-8-10-18(25)26)19-15(3)16(14-23)11-12-17(19)27-22(21,4)5/h8-13H,6-7H2,1-5H3. The Morgan fingerprint density at radius 3 is 2.48 bits per heavy atom. The normalized spacial score (nSPS) is 15.0. The predicted molar refractivity (Wildman–Crippen MR) is 107 cm³/mol. The number of aromatic nitrogens is 1. The van der Waals surface area contributed by atoms with Crippen LogP contribution in [-0.4, -0.2) is 28.2 Å². The molecule has 0 atom stereocenters. The van der Waals surface area contributed by atoms with Gasteiger partial charge >= 0.3 is 0 Å². The van der Waals surface area contributed by atoms with Crippen molar-refractivity contribution in [2.24, 2.45) is 0 Å². The Morgan fingerprint density at radius 2 is 1.89 bits per heavy atom. The van der Waals surface area contributed by atoms with Crippen molar-refractivity contribution in [1.29, 1.82) is 5.26 Å². The molecule has 0 spiro atoms. The van der Waals surface area contributed by atoms with Crippen LogP contribution in [0.1, 0.15) is 44.4 Å². The monoisotopic (exact) mass is 363 g/mol. The highest BCUT2D eigenvalue weighted by Crippen LogP contribution is 2.44. The highest BCUT2D eigenvalue weighted by atomic mass is 16.5. The number of hydrogen-bond acceptors (Lipinski definition) is 4. The lowest BCUT2D eigenvalue weighted by Gasteiger charge is -2.42. The van der Waals surface area contributed by atoms with Crippen molar-refractivity contribution in [2.45, 2.75) is 40.2 Å². The van der Waals surface area contributed by atoms with Crippen LogP contribution in [0.4, 0.5) is 0 Å². The highest BCUT2D eigenvalue weighted by molar-refractivity contribution is 5.79. The van der Waals surface area contributed by atoms with Crippen LogP contribution in [0.25, 0.3) is 5.70 Å². The van der Waals surface area contributed by atoms with Crippen LogP contribution in [-0.2, 0) is 0 Å². The van der Waals surface area contributed by atoms with Crippen molar-refractivity contribution in [2.75, 3.05) is 13.1 Å². The fourth-order valence-electron chi connectivity index (χ4n) is 3.83. The maximum absolute atomic E-state index is 12.8. The van der Waals surface area contributed by atoms with Crippen molar-refractivity contribution < 1.29 is 4.74 Å². The second kappa shape index (κ2) is 6.96. The van der Waals surface area contributed by atoms with E-state index in [0.29, 0.717) is 11.3 Å². The summed E-state index contributed by atoms with van der Waals surface area (Å²) < 4.78 is 8.04. The van der Waals surface area contributed by atoms with Gasteiger partial charge in [0.05, 0.1) is 23.0 Å². The molecule has 1 aliphatic rings. The third-order valence-electron chi connectivity index (χ3n) is 5.09. The summed E-state index contributed by atoms with van der Waals surface area (Å²) in [6, 6.07) is 11.0. The summed E-state index contributed by atoms with van der Waals surface area (Å²) in [6.45, 7) is 11.7. The van der Waals surface area contributed by atoms with Crippen LogP contribution < -0.4 is 10.3 Å². The van der Waals surface area contributed by atoms with Gasteiger partial charge in [-0.3, -0.25) is 9.36 Å². The number of fused-ring (bicyclic) bond motifs is 1. The van der Waals surface area contributed by atoms with Gasteiger partial charge in [-0.05, 0) is 58.4 Å². The van der Waals surface area contributed by atoms with Crippen LogP contribution in [0, 0.1) is 18.3 Å². The van der Waals surface area contributed by atoms with Gasteiger partial charge in [0.2, 0.25) is 0 Å². The summed E-state index contributed by atoms with van der Waals surface area (Å²) in [5.41, 5.74) is 3.23. The van der Waals surface area contributed by atoms with Crippen LogP contribution in [0.2, 0.25) is 0 Å². The fraction of sp³-hybridized carbons (Fsp3) is 0.364. The molecule has 3 rings (SSSR count). The minimum Gasteiger partial charge on any atom is -0.481 e. The lowest BCUT2D eigenvalue weighted by atomic mass is 9.89. The first-order valence-electron chi connectivity index (χ1n) is 9.26. The van der Waals surface area contributed by atoms with Gasteiger partial charge in [0.1, 0.15) is 11.4 Å². The Bertz CT molecular complexity index is 1000. The fourth-order valence-corrected chi connectivity index (χ4v) is 3.83. The van der Waals surface area contributed by atoms with E-state index in [9.17, 15) is 10.1 Å². The molecule has 27 heavy (non-hydrogen) atoms. The van der Waals surface area contributed by atoms with Gasteiger partial charge in [0.15, 0.2) is 0 Å². The lowest BCUT2D eigenvalue weighted by molar-refractivity contribution is 0.104. The molecular formula is C22H25N3O2. The Kier molecular flexibility index (Phi) is 4.84. The summed E-state index contributed by atoms with van der Waals surface area (Å²) in [7, 11) is 0. The molecule has 0 bridgehead atoms. The molecule has 0 unspecified atom stereocenters. The average Bonchev–Trinajstić information content (AvgIpc) is 2.63. The van der Waals surface area contributed by atoms with Gasteiger partial charge in [-0.1, -0.05) is 6.07 Å². The second-order valence-corrected chi connectivity index (χ2v) is 7.11. The van der Waals surface area contributed by atoms with E-state index < -0.39 is 5.60 Å². The van der Waals surface area contributed by atoms with Crippen molar-refractivity contribution >= 4 is 5.70 Å². The number of hydrogen-bond donors (Lipinski definition) is 0. The Morgan fingerprint density at radius 1 is 1.19 bits per heavy atom. The molecule has 0 fully saturated rings. The van der Waals surface area contributed by atoms with Crippen molar-refractivity contribution in [3.8, 4) is 11.8 Å². The molecule has 5 nitrogen and oxygen atoms in total. The topological polar surface area (TPSA) is 58.3 Å². The van der Waals surface area contributed by atoms with E-state index in [1.165, 1.54) is 0 Å². The zero-order chi connectivity index (χ0) is 19.8. The molecule has 2 heterocycles. The SMILES string of the molecule is CCN(CC)C1=C(n2ccccc2=O)c2c(ccc(C#N)c2C)OC1(C)C. The Hall–Kier alpha value is -3.00. The van der Waals surface area contributed by atoms with E-state index in [-0.39, 0.29) is 5.56 Å². The van der Waals surface area contributed by atoms with Crippen LogP contribution >= 0.6 is 0 Å². The summed E-state index contributed by atoms with van der Waals surface area (Å²) >= 11 is 0. The smallest absolute Gasteiger partial charge is 0.255 e. The molecule has 0 radical (unpaired) electrons. The van der Waals surface area contributed by atoms with E-state index in [1.54, 1.807) is 29.0 Å². The lowest BCUT2D eigenvalue weighted by Crippen LogP contribution is -2.45. The number of pyridine rings is 1. The molecule has 0 amide bonds. The highest BCUT2D eigenvalue weighted by Gasteiger charge is 2.39. The zero-order valence-corrected chi connectivity index (χ0v) is 16.5. The molecule has 140 valence electrons. The number of nitriles is 1. The number of likely N-dealkylation sites (N-methyl/N-ethyl adjacent to an activating group) is 1.